The van der Waals surface area contributed by atoms with E-state index in [9.17, 15) is 14.7 Å². The van der Waals surface area contributed by atoms with Gasteiger partial charge in [-0.25, -0.2) is 0 Å². The zero-order chi connectivity index (χ0) is 23.8. The number of para-hydroxylation sites is 1. The molecule has 0 fully saturated rings. The second kappa shape index (κ2) is 8.82. The Labute approximate surface area is 204 Å². The van der Waals surface area contributed by atoms with Gasteiger partial charge in [0.25, 0.3) is 11.7 Å². The number of carbonyl (C=O) groups excluding carboxylic acids is 2. The van der Waals surface area contributed by atoms with Crippen molar-refractivity contribution in [1.82, 2.24) is 9.55 Å². The van der Waals surface area contributed by atoms with Crippen LogP contribution < -0.4 is 5.32 Å². The monoisotopic (exact) mass is 489 g/mol. The Kier molecular flexibility index (Phi) is 5.69. The lowest BCUT2D eigenvalue weighted by Crippen LogP contribution is -2.23. The molecule has 2 N–H and O–H groups in total. The molecule has 0 aliphatic carbocycles. The maximum atomic E-state index is 13.2. The number of nitrogens with zero attached hydrogens (tertiary/aromatic N) is 2. The molecule has 0 bridgehead atoms. The van der Waals surface area contributed by atoms with Gasteiger partial charge in [0.05, 0.1) is 26.8 Å². The van der Waals surface area contributed by atoms with Crippen LogP contribution in [0.1, 0.15) is 15.9 Å². The normalized spacial score (nSPS) is 11.1. The van der Waals surface area contributed by atoms with Gasteiger partial charge in [-0.1, -0.05) is 77.8 Å². The Hall–Kier alpha value is -3.87. The van der Waals surface area contributed by atoms with Crippen LogP contribution in [0.2, 0.25) is 10.0 Å². The van der Waals surface area contributed by atoms with E-state index in [4.69, 9.17) is 23.2 Å². The van der Waals surface area contributed by atoms with Gasteiger partial charge in [-0.3, -0.25) is 14.6 Å². The lowest BCUT2D eigenvalue weighted by atomic mass is 10.0. The highest BCUT2D eigenvalue weighted by Gasteiger charge is 2.24. The minimum Gasteiger partial charge on any atom is -0.506 e. The number of halogens is 2. The van der Waals surface area contributed by atoms with Gasteiger partial charge in [-0.05, 0) is 22.4 Å². The van der Waals surface area contributed by atoms with Crippen molar-refractivity contribution in [2.75, 3.05) is 5.32 Å². The maximum Gasteiger partial charge on any atom is 0.296 e. The number of aromatic hydroxyl groups is 1. The number of ketones is 1. The minimum absolute atomic E-state index is 0.0115. The number of pyridine rings is 1. The first-order valence-electron chi connectivity index (χ1n) is 10.4. The van der Waals surface area contributed by atoms with Gasteiger partial charge in [-0.2, -0.15) is 0 Å². The van der Waals surface area contributed by atoms with Gasteiger partial charge in [0, 0.05) is 30.5 Å². The molecular weight excluding hydrogens is 473 g/mol. The average molecular weight is 490 g/mol. The molecule has 8 heteroatoms. The molecule has 2 heterocycles. The fourth-order valence-corrected chi connectivity index (χ4v) is 4.54. The van der Waals surface area contributed by atoms with Crippen LogP contribution in [-0.2, 0) is 11.3 Å². The summed E-state index contributed by atoms with van der Waals surface area (Å²) in [4.78, 5) is 29.8. The van der Waals surface area contributed by atoms with Crippen LogP contribution in [0.3, 0.4) is 0 Å². The molecule has 168 valence electrons. The fraction of sp³-hybridized carbons (Fsp3) is 0.0385. The highest BCUT2D eigenvalue weighted by atomic mass is 35.5. The number of phenolic OH excluding ortho intramolecular Hbond substituents is 1. The van der Waals surface area contributed by atoms with E-state index in [2.05, 4.69) is 10.3 Å². The molecule has 5 aromatic rings. The molecule has 0 aliphatic rings. The Morgan fingerprint density at radius 3 is 2.38 bits per heavy atom. The molecule has 5 rings (SSSR count). The predicted molar refractivity (Wildman–Crippen MR) is 134 cm³/mol. The number of anilines is 1. The first-order valence-corrected chi connectivity index (χ1v) is 11.1. The predicted octanol–water partition coefficient (Wildman–Crippen LogP) is 6.07. The molecule has 0 saturated heterocycles. The Morgan fingerprint density at radius 1 is 0.912 bits per heavy atom. The van der Waals surface area contributed by atoms with Crippen molar-refractivity contribution in [1.29, 1.82) is 0 Å². The van der Waals surface area contributed by atoms with Crippen LogP contribution in [0.15, 0.2) is 79.3 Å². The number of carbonyl (C=O) groups is 2. The van der Waals surface area contributed by atoms with E-state index in [1.807, 2.05) is 42.5 Å². The third-order valence-corrected chi connectivity index (χ3v) is 6.21. The molecule has 34 heavy (non-hydrogen) atoms. The summed E-state index contributed by atoms with van der Waals surface area (Å²) in [5.74, 6) is -1.67. The van der Waals surface area contributed by atoms with Gasteiger partial charge in [-0.15, -0.1) is 0 Å². The van der Waals surface area contributed by atoms with Gasteiger partial charge >= 0.3 is 0 Å². The summed E-state index contributed by atoms with van der Waals surface area (Å²) in [5.41, 5.74) is 1.74. The molecule has 0 unspecified atom stereocenters. The van der Waals surface area contributed by atoms with Crippen molar-refractivity contribution in [2.24, 2.45) is 0 Å². The number of benzene rings is 3. The maximum absolute atomic E-state index is 13.2. The van der Waals surface area contributed by atoms with E-state index >= 15 is 0 Å². The summed E-state index contributed by atoms with van der Waals surface area (Å²) in [6.45, 7) is 0.395. The van der Waals surface area contributed by atoms with Crippen molar-refractivity contribution < 1.29 is 14.7 Å². The van der Waals surface area contributed by atoms with Gasteiger partial charge < -0.3 is 15.0 Å². The zero-order valence-corrected chi connectivity index (χ0v) is 19.1. The zero-order valence-electron chi connectivity index (χ0n) is 17.6. The van der Waals surface area contributed by atoms with E-state index in [1.165, 1.54) is 12.4 Å². The van der Waals surface area contributed by atoms with Crippen LogP contribution in [0.4, 0.5) is 5.69 Å². The van der Waals surface area contributed by atoms with E-state index in [-0.39, 0.29) is 27.0 Å². The van der Waals surface area contributed by atoms with Crippen LogP contribution >= 0.6 is 23.2 Å². The quantitative estimate of drug-likeness (QED) is 0.231. The highest BCUT2D eigenvalue weighted by molar-refractivity contribution is 6.50. The number of fused-ring (bicyclic) bond motifs is 2. The molecule has 3 aromatic carbocycles. The summed E-state index contributed by atoms with van der Waals surface area (Å²) in [6.07, 6.45) is 4.23. The number of phenols is 1. The van der Waals surface area contributed by atoms with Crippen molar-refractivity contribution in [2.45, 2.75) is 6.54 Å². The third-order valence-electron chi connectivity index (χ3n) is 5.64. The molecule has 6 nitrogen and oxygen atoms in total. The largest absolute Gasteiger partial charge is 0.506 e. The van der Waals surface area contributed by atoms with E-state index in [0.717, 1.165) is 16.3 Å². The van der Waals surface area contributed by atoms with Gasteiger partial charge in [0.1, 0.15) is 5.75 Å². The number of rotatable bonds is 5. The highest BCUT2D eigenvalue weighted by Crippen LogP contribution is 2.32. The van der Waals surface area contributed by atoms with Gasteiger partial charge in [0.2, 0.25) is 0 Å². The molecule has 1 amide bonds. The van der Waals surface area contributed by atoms with Crippen LogP contribution in [-0.4, -0.2) is 26.3 Å². The lowest BCUT2D eigenvalue weighted by molar-refractivity contribution is -0.112. The van der Waals surface area contributed by atoms with Gasteiger partial charge in [0.15, 0.2) is 0 Å². The van der Waals surface area contributed by atoms with Crippen molar-refractivity contribution in [3.05, 3.63) is 100 Å². The molecule has 0 saturated carbocycles. The summed E-state index contributed by atoms with van der Waals surface area (Å²) >= 11 is 12.1. The average Bonchev–Trinajstić information content (AvgIpc) is 3.20. The second-order valence-electron chi connectivity index (χ2n) is 7.74. The summed E-state index contributed by atoms with van der Waals surface area (Å²) < 4.78 is 1.78. The molecule has 0 atom stereocenters. The molecule has 0 spiro atoms. The van der Waals surface area contributed by atoms with Crippen LogP contribution in [0, 0.1) is 0 Å². The number of aromatic nitrogens is 2. The van der Waals surface area contributed by atoms with Crippen molar-refractivity contribution in [3.8, 4) is 5.75 Å². The first kappa shape index (κ1) is 21.9. The summed E-state index contributed by atoms with van der Waals surface area (Å²) in [5, 5.41) is 15.9. The molecule has 0 aliphatic heterocycles. The Balaban J connectivity index is 1.56. The van der Waals surface area contributed by atoms with E-state index in [1.54, 1.807) is 29.0 Å². The van der Waals surface area contributed by atoms with Crippen molar-refractivity contribution >= 4 is 62.3 Å². The minimum atomic E-state index is -0.900. The first-order chi connectivity index (χ1) is 16.4. The number of nitrogens with one attached hydrogen (secondary N) is 1. The number of hydrogen-bond donors (Lipinski definition) is 2. The SMILES string of the molecule is O=C(Nc1c(Cl)cncc1Cl)C(=O)c1cn(Cc2cccc3ccccc23)c2c(O)cccc12. The summed E-state index contributed by atoms with van der Waals surface area (Å²) in [6, 6.07) is 18.8. The Morgan fingerprint density at radius 2 is 1.59 bits per heavy atom. The standard InChI is InChI=1S/C26H17Cl2N3O3/c27-20-11-29-12-21(28)23(20)30-26(34)25(33)19-14-31(24-18(19)9-4-10-22(24)32)13-16-7-3-6-15-5-1-2-8-17(15)16/h1-12,14,32H,13H2,(H,29,30,34). The smallest absolute Gasteiger partial charge is 0.296 e. The van der Waals surface area contributed by atoms with E-state index < -0.39 is 11.7 Å². The number of hydrogen-bond acceptors (Lipinski definition) is 4. The second-order valence-corrected chi connectivity index (χ2v) is 8.56. The Bertz CT molecular complexity index is 1570. The summed E-state index contributed by atoms with van der Waals surface area (Å²) in [7, 11) is 0. The fourth-order valence-electron chi connectivity index (χ4n) is 4.08. The molecule has 0 radical (unpaired) electrons. The lowest BCUT2D eigenvalue weighted by Gasteiger charge is -2.10. The van der Waals surface area contributed by atoms with Crippen LogP contribution in [0.25, 0.3) is 21.7 Å². The van der Waals surface area contributed by atoms with E-state index in [0.29, 0.717) is 17.4 Å². The molecule has 2 aromatic heterocycles. The van der Waals surface area contributed by atoms with Crippen LogP contribution in [0.5, 0.6) is 5.75 Å². The third kappa shape index (κ3) is 3.87. The number of amides is 1. The molecular formula is C26H17Cl2N3O3. The topological polar surface area (TPSA) is 84.2 Å². The van der Waals surface area contributed by atoms with Crippen molar-refractivity contribution in [3.63, 3.8) is 0 Å². The number of Topliss-reactive ketones (excluding diaryl/α,β-unsaturated/α-hetero) is 1.